The van der Waals surface area contributed by atoms with Gasteiger partial charge in [0.2, 0.25) is 0 Å². The van der Waals surface area contributed by atoms with Crippen molar-refractivity contribution < 1.29 is 26.4 Å². The summed E-state index contributed by atoms with van der Waals surface area (Å²) < 4.78 is 62.7. The Kier molecular flexibility index (Phi) is 7.12. The Morgan fingerprint density at radius 2 is 1.78 bits per heavy atom. The van der Waals surface area contributed by atoms with Gasteiger partial charge >= 0.3 is 6.18 Å². The van der Waals surface area contributed by atoms with Gasteiger partial charge in [-0.05, 0) is 37.3 Å². The summed E-state index contributed by atoms with van der Waals surface area (Å²) in [5.41, 5.74) is 1.33. The highest BCUT2D eigenvalue weighted by Crippen LogP contribution is 2.30. The number of hydrogen-bond donors (Lipinski definition) is 2. The van der Waals surface area contributed by atoms with Crippen LogP contribution in [0, 0.1) is 0 Å². The van der Waals surface area contributed by atoms with E-state index in [0.717, 1.165) is 18.4 Å². The Hall–Kier alpha value is -4.07. The van der Waals surface area contributed by atoms with E-state index in [4.69, 9.17) is 0 Å². The minimum Gasteiger partial charge on any atom is -0.343 e. The number of anilines is 2. The number of nitrogens with zero attached hydrogens (tertiary/aromatic N) is 5. The third-order valence-corrected chi connectivity index (χ3v) is 6.31. The summed E-state index contributed by atoms with van der Waals surface area (Å²) in [5.74, 6) is -0.225. The summed E-state index contributed by atoms with van der Waals surface area (Å²) in [6, 6.07) is 5.51. The molecule has 0 bridgehead atoms. The number of halogens is 3. The summed E-state index contributed by atoms with van der Waals surface area (Å²) >= 11 is 0. The maximum atomic E-state index is 12.8. The number of rotatable bonds is 8. The molecule has 0 spiro atoms. The molecule has 1 aromatic carbocycles. The Labute approximate surface area is 209 Å². The number of fused-ring (bicyclic) bond motifs is 1. The van der Waals surface area contributed by atoms with Crippen LogP contribution in [0.25, 0.3) is 11.0 Å². The highest BCUT2D eigenvalue weighted by Gasteiger charge is 2.30. The smallest absolute Gasteiger partial charge is 0.343 e. The Morgan fingerprint density at radius 1 is 1.05 bits per heavy atom. The molecule has 0 aliphatic rings. The average Bonchev–Trinajstić information content (AvgIpc) is 3.25. The van der Waals surface area contributed by atoms with E-state index in [2.05, 4.69) is 30.6 Å². The van der Waals surface area contributed by atoms with Crippen molar-refractivity contribution in [2.24, 2.45) is 0 Å². The number of nitrogens with one attached hydrogen (secondary N) is 2. The van der Waals surface area contributed by atoms with Gasteiger partial charge < -0.3 is 15.2 Å². The van der Waals surface area contributed by atoms with Crippen LogP contribution in [0.5, 0.6) is 0 Å². The first-order valence-electron chi connectivity index (χ1n) is 10.9. The average molecular weight is 534 g/mol. The molecule has 10 nitrogen and oxygen atoms in total. The summed E-state index contributed by atoms with van der Waals surface area (Å²) in [6.07, 6.45) is 2.51. The quantitative estimate of drug-likeness (QED) is 0.352. The number of carbonyl (C=O) groups excluding carboxylic acids is 1. The van der Waals surface area contributed by atoms with E-state index in [1.165, 1.54) is 43.1 Å². The van der Waals surface area contributed by atoms with Crippen LogP contribution in [-0.4, -0.2) is 50.8 Å². The normalized spacial score (nSPS) is 12.9. The molecule has 37 heavy (non-hydrogen) atoms. The van der Waals surface area contributed by atoms with Gasteiger partial charge in [0, 0.05) is 18.5 Å². The second-order valence-electron chi connectivity index (χ2n) is 8.35. The summed E-state index contributed by atoms with van der Waals surface area (Å²) in [4.78, 5) is 29.6. The van der Waals surface area contributed by atoms with Crippen molar-refractivity contribution >= 4 is 38.3 Å². The predicted molar refractivity (Wildman–Crippen MR) is 130 cm³/mol. The molecule has 1 atom stereocenters. The molecular weight excluding hydrogens is 511 g/mol. The van der Waals surface area contributed by atoms with Crippen LogP contribution in [-0.2, 0) is 22.6 Å². The number of sulfone groups is 1. The number of amides is 1. The van der Waals surface area contributed by atoms with Gasteiger partial charge in [-0.15, -0.1) is 0 Å². The molecule has 4 aromatic rings. The number of benzene rings is 1. The number of pyridine rings is 1. The van der Waals surface area contributed by atoms with Crippen molar-refractivity contribution in [1.82, 2.24) is 29.8 Å². The molecular formula is C23H22F3N7O3S. The zero-order chi connectivity index (χ0) is 26.8. The third kappa shape index (κ3) is 6.58. The third-order valence-electron chi connectivity index (χ3n) is 5.39. The molecule has 0 radical (unpaired) electrons. The maximum Gasteiger partial charge on any atom is 0.416 e. The van der Waals surface area contributed by atoms with Gasteiger partial charge in [0.25, 0.3) is 5.91 Å². The number of aryl methyl sites for hydroxylation is 1. The van der Waals surface area contributed by atoms with E-state index in [1.54, 1.807) is 11.5 Å². The SMILES string of the molecule is C[C@@H](NC(=O)c1cc2c(cn1)ncn2CCS(C)(=O)=O)c1cnc(Nc2ccc(C(F)(F)F)cc2)cn1. The minimum absolute atomic E-state index is 0.0677. The zero-order valence-electron chi connectivity index (χ0n) is 19.7. The van der Waals surface area contributed by atoms with E-state index < -0.39 is 33.5 Å². The van der Waals surface area contributed by atoms with Crippen molar-refractivity contribution in [1.29, 1.82) is 0 Å². The van der Waals surface area contributed by atoms with Crippen LogP contribution in [0.4, 0.5) is 24.7 Å². The zero-order valence-corrected chi connectivity index (χ0v) is 20.5. The van der Waals surface area contributed by atoms with Gasteiger partial charge in [-0.3, -0.25) is 9.78 Å². The molecule has 0 aliphatic carbocycles. The molecule has 3 heterocycles. The lowest BCUT2D eigenvalue weighted by molar-refractivity contribution is -0.137. The number of aromatic nitrogens is 5. The Bertz CT molecular complexity index is 1520. The van der Waals surface area contributed by atoms with Gasteiger partial charge in [-0.1, -0.05) is 0 Å². The van der Waals surface area contributed by atoms with Gasteiger partial charge in [-0.2, -0.15) is 13.2 Å². The van der Waals surface area contributed by atoms with E-state index in [-0.39, 0.29) is 18.0 Å². The highest BCUT2D eigenvalue weighted by atomic mass is 32.2. The standard InChI is InChI=1S/C23H22F3N7O3S/c1-14(18-10-29-21(12-28-18)32-16-5-3-15(4-6-16)23(24,25)26)31-22(34)17-9-20-19(11-27-17)30-13-33(20)7-8-37(2,35)36/h3-6,9-14H,7-8H2,1-2H3,(H,29,32)(H,31,34)/t14-/m1/s1. The summed E-state index contributed by atoms with van der Waals surface area (Å²) in [5, 5.41) is 5.65. The van der Waals surface area contributed by atoms with Crippen molar-refractivity contribution in [3.63, 3.8) is 0 Å². The number of imidazole rings is 1. The van der Waals surface area contributed by atoms with E-state index in [9.17, 15) is 26.4 Å². The topological polar surface area (TPSA) is 132 Å². The lowest BCUT2D eigenvalue weighted by Gasteiger charge is -2.14. The molecule has 3 aromatic heterocycles. The number of hydrogen-bond acceptors (Lipinski definition) is 8. The van der Waals surface area contributed by atoms with Crippen LogP contribution in [0.15, 0.2) is 55.2 Å². The maximum absolute atomic E-state index is 12.8. The van der Waals surface area contributed by atoms with Gasteiger partial charge in [0.15, 0.2) is 0 Å². The van der Waals surface area contributed by atoms with Gasteiger partial charge in [-0.25, -0.2) is 23.4 Å². The largest absolute Gasteiger partial charge is 0.416 e. The molecule has 0 aliphatic heterocycles. The monoisotopic (exact) mass is 533 g/mol. The molecule has 4 rings (SSSR count). The van der Waals surface area contributed by atoms with Crippen molar-refractivity contribution in [2.75, 3.05) is 17.3 Å². The molecule has 2 N–H and O–H groups in total. The van der Waals surface area contributed by atoms with Crippen molar-refractivity contribution in [3.8, 4) is 0 Å². The summed E-state index contributed by atoms with van der Waals surface area (Å²) in [7, 11) is -3.17. The molecule has 14 heteroatoms. The molecule has 1 amide bonds. The van der Waals surface area contributed by atoms with Crippen LogP contribution < -0.4 is 10.6 Å². The molecule has 0 saturated heterocycles. The van der Waals surface area contributed by atoms with Crippen molar-refractivity contribution in [2.45, 2.75) is 25.7 Å². The van der Waals surface area contributed by atoms with E-state index >= 15 is 0 Å². The first-order valence-corrected chi connectivity index (χ1v) is 13.0. The first-order chi connectivity index (χ1) is 17.4. The van der Waals surface area contributed by atoms with E-state index in [1.807, 2.05) is 0 Å². The van der Waals surface area contributed by atoms with Crippen LogP contribution in [0.2, 0.25) is 0 Å². The lowest BCUT2D eigenvalue weighted by Crippen LogP contribution is -2.28. The number of alkyl halides is 3. The predicted octanol–water partition coefficient (Wildman–Crippen LogP) is 3.52. The Morgan fingerprint density at radius 3 is 2.41 bits per heavy atom. The molecule has 0 fully saturated rings. The van der Waals surface area contributed by atoms with Crippen molar-refractivity contribution in [3.05, 3.63) is 72.2 Å². The van der Waals surface area contributed by atoms with Gasteiger partial charge in [0.1, 0.15) is 26.9 Å². The first kappa shape index (κ1) is 26.0. The van der Waals surface area contributed by atoms with Crippen LogP contribution in [0.3, 0.4) is 0 Å². The molecule has 0 unspecified atom stereocenters. The minimum atomic E-state index is -4.42. The fraction of sp³-hybridized carbons (Fsp3) is 0.261. The van der Waals surface area contributed by atoms with E-state index in [0.29, 0.717) is 28.2 Å². The Balaban J connectivity index is 1.40. The molecule has 194 valence electrons. The van der Waals surface area contributed by atoms with Gasteiger partial charge in [0.05, 0.1) is 53.5 Å². The molecule has 0 saturated carbocycles. The highest BCUT2D eigenvalue weighted by molar-refractivity contribution is 7.90. The fourth-order valence-electron chi connectivity index (χ4n) is 3.39. The van der Waals surface area contributed by atoms with Crippen LogP contribution in [0.1, 0.15) is 34.7 Å². The number of carbonyl (C=O) groups is 1. The summed E-state index contributed by atoms with van der Waals surface area (Å²) in [6.45, 7) is 1.90. The second-order valence-corrected chi connectivity index (χ2v) is 10.6. The second kappa shape index (κ2) is 10.1. The lowest BCUT2D eigenvalue weighted by atomic mass is 10.2. The fourth-order valence-corrected chi connectivity index (χ4v) is 3.92. The van der Waals surface area contributed by atoms with Crippen LogP contribution >= 0.6 is 0 Å².